The average molecular weight is 439 g/mol. The molecule has 33 heavy (non-hydrogen) atoms. The van der Waals surface area contributed by atoms with Crippen LogP contribution in [0, 0.1) is 0 Å². The van der Waals surface area contributed by atoms with E-state index in [0.717, 1.165) is 11.1 Å². The Hall–Kier alpha value is -4.79. The van der Waals surface area contributed by atoms with Gasteiger partial charge in [0, 0.05) is 29.3 Å². The second kappa shape index (κ2) is 8.39. The number of carbonyl (C=O) groups excluding carboxylic acids is 1. The lowest BCUT2D eigenvalue weighted by Gasteiger charge is -2.05. The van der Waals surface area contributed by atoms with Crippen molar-refractivity contribution in [2.45, 2.75) is 6.61 Å². The van der Waals surface area contributed by atoms with Gasteiger partial charge in [-0.25, -0.2) is 19.3 Å². The zero-order valence-electron chi connectivity index (χ0n) is 17.2. The summed E-state index contributed by atoms with van der Waals surface area (Å²) in [6.45, 7) is -0.213. The van der Waals surface area contributed by atoms with Crippen LogP contribution in [0.15, 0.2) is 88.5 Å². The van der Waals surface area contributed by atoms with E-state index < -0.39 is 5.97 Å². The van der Waals surface area contributed by atoms with Crippen LogP contribution < -0.4 is 11.1 Å². The van der Waals surface area contributed by atoms with E-state index in [0.29, 0.717) is 17.2 Å². The molecule has 0 saturated carbocycles. The van der Waals surface area contributed by atoms with Crippen LogP contribution in [-0.2, 0) is 11.3 Å². The normalized spacial score (nSPS) is 10.9. The number of ether oxygens (including phenoxy) is 1. The number of fused-ring (bicyclic) bond motifs is 1. The number of aromatic amines is 2. The van der Waals surface area contributed by atoms with Gasteiger partial charge in [0.25, 0.3) is 11.1 Å². The third-order valence-corrected chi connectivity index (χ3v) is 4.93. The number of nitrogens with zero attached hydrogens (tertiary/aromatic N) is 3. The van der Waals surface area contributed by atoms with E-state index in [2.05, 4.69) is 20.1 Å². The Bertz CT molecular complexity index is 1570. The zero-order valence-corrected chi connectivity index (χ0v) is 17.2. The molecular weight excluding hydrogens is 422 g/mol. The van der Waals surface area contributed by atoms with E-state index in [1.165, 1.54) is 22.7 Å². The molecule has 0 spiro atoms. The van der Waals surface area contributed by atoms with Gasteiger partial charge >= 0.3 is 5.97 Å². The third kappa shape index (κ3) is 4.19. The second-order valence-corrected chi connectivity index (χ2v) is 7.24. The van der Waals surface area contributed by atoms with Crippen molar-refractivity contribution in [3.63, 3.8) is 0 Å². The summed E-state index contributed by atoms with van der Waals surface area (Å²) in [4.78, 5) is 48.6. The Balaban J connectivity index is 1.38. The molecule has 2 aromatic carbocycles. The van der Waals surface area contributed by atoms with E-state index in [4.69, 9.17) is 4.74 Å². The highest BCUT2D eigenvalue weighted by atomic mass is 16.5. The maximum atomic E-state index is 12.6. The minimum atomic E-state index is -0.704. The summed E-state index contributed by atoms with van der Waals surface area (Å²) in [5.74, 6) is -0.326. The maximum Gasteiger partial charge on any atom is 0.356 e. The SMILES string of the molecule is O=C(OCc1cc(=O)[nH]c(-c2ccccc2)n1)c1cc2nc(-c3ccccc3)cc(=O)n2[nH]1. The van der Waals surface area contributed by atoms with Gasteiger partial charge in [-0.2, -0.15) is 0 Å². The first kappa shape index (κ1) is 20.1. The monoisotopic (exact) mass is 439 g/mol. The Morgan fingerprint density at radius 1 is 0.879 bits per heavy atom. The van der Waals surface area contributed by atoms with Crippen molar-refractivity contribution in [3.8, 4) is 22.6 Å². The Morgan fingerprint density at radius 3 is 2.30 bits per heavy atom. The lowest BCUT2D eigenvalue weighted by Crippen LogP contribution is -2.16. The first-order valence-corrected chi connectivity index (χ1v) is 10.1. The van der Waals surface area contributed by atoms with Crippen molar-refractivity contribution in [2.24, 2.45) is 0 Å². The fourth-order valence-electron chi connectivity index (χ4n) is 3.38. The lowest BCUT2D eigenvalue weighted by molar-refractivity contribution is 0.0460. The first-order valence-electron chi connectivity index (χ1n) is 10.1. The summed E-state index contributed by atoms with van der Waals surface area (Å²) in [5.41, 5.74) is 1.94. The Morgan fingerprint density at radius 2 is 1.58 bits per heavy atom. The van der Waals surface area contributed by atoms with E-state index in [9.17, 15) is 14.4 Å². The van der Waals surface area contributed by atoms with E-state index >= 15 is 0 Å². The number of esters is 1. The number of H-pyrrole nitrogens is 2. The molecule has 0 atom stereocenters. The summed E-state index contributed by atoms with van der Waals surface area (Å²) in [6, 6.07) is 22.5. The lowest BCUT2D eigenvalue weighted by atomic mass is 10.1. The highest BCUT2D eigenvalue weighted by molar-refractivity contribution is 5.88. The van der Waals surface area contributed by atoms with E-state index in [1.54, 1.807) is 0 Å². The van der Waals surface area contributed by atoms with Gasteiger partial charge in [-0.3, -0.25) is 14.7 Å². The first-order chi connectivity index (χ1) is 16.1. The number of hydrogen-bond acceptors (Lipinski definition) is 6. The molecule has 5 aromatic rings. The molecule has 0 aliphatic carbocycles. The molecule has 0 aliphatic heterocycles. The molecule has 162 valence electrons. The maximum absolute atomic E-state index is 12.6. The minimum absolute atomic E-state index is 0.0536. The summed E-state index contributed by atoms with van der Waals surface area (Å²) < 4.78 is 6.48. The zero-order chi connectivity index (χ0) is 22.8. The molecule has 0 unspecified atom stereocenters. The van der Waals surface area contributed by atoms with Crippen LogP contribution in [0.5, 0.6) is 0 Å². The largest absolute Gasteiger partial charge is 0.454 e. The Kier molecular flexibility index (Phi) is 5.12. The summed E-state index contributed by atoms with van der Waals surface area (Å²) >= 11 is 0. The van der Waals surface area contributed by atoms with Gasteiger partial charge in [-0.1, -0.05) is 60.7 Å². The van der Waals surface area contributed by atoms with Crippen molar-refractivity contribution in [3.05, 3.63) is 111 Å². The van der Waals surface area contributed by atoms with Gasteiger partial charge < -0.3 is 9.72 Å². The van der Waals surface area contributed by atoms with Crippen molar-refractivity contribution in [1.29, 1.82) is 0 Å². The van der Waals surface area contributed by atoms with Crippen LogP contribution >= 0.6 is 0 Å². The molecule has 3 aromatic heterocycles. The van der Waals surface area contributed by atoms with Crippen LogP contribution in [-0.4, -0.2) is 30.5 Å². The summed E-state index contributed by atoms with van der Waals surface area (Å²) in [6.07, 6.45) is 0. The van der Waals surface area contributed by atoms with Gasteiger partial charge in [0.05, 0.1) is 11.4 Å². The molecule has 0 radical (unpaired) electrons. The molecule has 9 heteroatoms. The number of benzene rings is 2. The smallest absolute Gasteiger partial charge is 0.356 e. The molecule has 5 rings (SSSR count). The van der Waals surface area contributed by atoms with Crippen LogP contribution in [0.25, 0.3) is 28.3 Å². The Labute approximate surface area is 186 Å². The van der Waals surface area contributed by atoms with Crippen LogP contribution in [0.2, 0.25) is 0 Å². The highest BCUT2D eigenvalue weighted by Gasteiger charge is 2.15. The molecule has 0 amide bonds. The van der Waals surface area contributed by atoms with Crippen molar-refractivity contribution < 1.29 is 9.53 Å². The molecular formula is C24H17N5O4. The fourth-order valence-corrected chi connectivity index (χ4v) is 3.38. The minimum Gasteiger partial charge on any atom is -0.454 e. The van der Waals surface area contributed by atoms with Crippen LogP contribution in [0.3, 0.4) is 0 Å². The predicted octanol–water partition coefficient (Wildman–Crippen LogP) is 2.80. The standard InChI is InChI=1S/C24H17N5O4/c30-21-11-17(25-23(27-21)16-9-5-2-6-10-16)14-33-24(32)19-12-20-26-18(13-22(31)29(20)28-19)15-7-3-1-4-8-15/h1-13,28H,14H2,(H,25,27,30). The molecule has 2 N–H and O–H groups in total. The van der Waals surface area contributed by atoms with Crippen molar-refractivity contribution in [1.82, 2.24) is 24.6 Å². The van der Waals surface area contributed by atoms with Crippen LogP contribution in [0.1, 0.15) is 16.2 Å². The van der Waals surface area contributed by atoms with Crippen molar-refractivity contribution in [2.75, 3.05) is 0 Å². The number of nitrogens with one attached hydrogen (secondary N) is 2. The second-order valence-electron chi connectivity index (χ2n) is 7.24. The molecule has 0 fully saturated rings. The van der Waals surface area contributed by atoms with E-state index in [-0.39, 0.29) is 29.1 Å². The quantitative estimate of drug-likeness (QED) is 0.406. The number of carbonyl (C=O) groups is 1. The number of rotatable bonds is 5. The third-order valence-electron chi connectivity index (χ3n) is 4.93. The fraction of sp³-hybridized carbons (Fsp3) is 0.0417. The summed E-state index contributed by atoms with van der Waals surface area (Å²) in [7, 11) is 0. The number of aromatic nitrogens is 5. The molecule has 0 aliphatic rings. The molecule has 0 saturated heterocycles. The topological polar surface area (TPSA) is 122 Å². The van der Waals surface area contributed by atoms with Gasteiger partial charge in [-0.05, 0) is 0 Å². The van der Waals surface area contributed by atoms with Crippen molar-refractivity contribution >= 4 is 11.6 Å². The van der Waals surface area contributed by atoms with Gasteiger partial charge in [0.1, 0.15) is 18.1 Å². The van der Waals surface area contributed by atoms with Gasteiger partial charge in [-0.15, -0.1) is 0 Å². The molecule has 0 bridgehead atoms. The number of hydrogen-bond donors (Lipinski definition) is 2. The highest BCUT2D eigenvalue weighted by Crippen LogP contribution is 2.16. The molecule has 3 heterocycles. The summed E-state index contributed by atoms with van der Waals surface area (Å²) in [5, 5.41) is 2.71. The predicted molar refractivity (Wildman–Crippen MR) is 121 cm³/mol. The van der Waals surface area contributed by atoms with Crippen LogP contribution in [0.4, 0.5) is 0 Å². The average Bonchev–Trinajstić information content (AvgIpc) is 3.28. The van der Waals surface area contributed by atoms with E-state index in [1.807, 2.05) is 60.7 Å². The van der Waals surface area contributed by atoms with Gasteiger partial charge in [0.2, 0.25) is 0 Å². The molecule has 9 nitrogen and oxygen atoms in total. The van der Waals surface area contributed by atoms with Gasteiger partial charge in [0.15, 0.2) is 5.65 Å².